The Morgan fingerprint density at radius 3 is 2.36 bits per heavy atom. The SMILES string of the molecule is CC1CCC(C(=O)CO)CC1. The zero-order chi connectivity index (χ0) is 8.27. The van der Waals surface area contributed by atoms with Crippen molar-refractivity contribution in [3.63, 3.8) is 0 Å². The van der Waals surface area contributed by atoms with Crippen molar-refractivity contribution in [3.05, 3.63) is 0 Å². The molecule has 1 rings (SSSR count). The number of aliphatic hydroxyl groups is 1. The van der Waals surface area contributed by atoms with E-state index in [-0.39, 0.29) is 18.3 Å². The van der Waals surface area contributed by atoms with Gasteiger partial charge in [0.1, 0.15) is 6.61 Å². The van der Waals surface area contributed by atoms with Gasteiger partial charge in [0, 0.05) is 5.92 Å². The Morgan fingerprint density at radius 1 is 1.36 bits per heavy atom. The van der Waals surface area contributed by atoms with Crippen LogP contribution in [0.5, 0.6) is 0 Å². The van der Waals surface area contributed by atoms with Crippen LogP contribution in [0, 0.1) is 11.8 Å². The van der Waals surface area contributed by atoms with E-state index in [9.17, 15) is 4.79 Å². The van der Waals surface area contributed by atoms with Crippen molar-refractivity contribution in [2.24, 2.45) is 11.8 Å². The maximum atomic E-state index is 11.0. The summed E-state index contributed by atoms with van der Waals surface area (Å²) >= 11 is 0. The van der Waals surface area contributed by atoms with E-state index in [2.05, 4.69) is 6.92 Å². The van der Waals surface area contributed by atoms with Crippen molar-refractivity contribution in [3.8, 4) is 0 Å². The molecule has 0 atom stereocenters. The lowest BCUT2D eigenvalue weighted by Gasteiger charge is -2.24. The van der Waals surface area contributed by atoms with Crippen LogP contribution in [0.2, 0.25) is 0 Å². The lowest BCUT2D eigenvalue weighted by molar-refractivity contribution is -0.126. The van der Waals surface area contributed by atoms with E-state index in [1.54, 1.807) is 0 Å². The lowest BCUT2D eigenvalue weighted by atomic mass is 9.81. The number of carbonyl (C=O) groups is 1. The molecular formula is C9H16O2. The van der Waals surface area contributed by atoms with E-state index in [0.29, 0.717) is 0 Å². The van der Waals surface area contributed by atoms with Crippen LogP contribution in [0.4, 0.5) is 0 Å². The predicted molar refractivity (Wildman–Crippen MR) is 43.2 cm³/mol. The molecule has 1 N–H and O–H groups in total. The van der Waals surface area contributed by atoms with Gasteiger partial charge >= 0.3 is 0 Å². The van der Waals surface area contributed by atoms with Crippen LogP contribution in [-0.4, -0.2) is 17.5 Å². The highest BCUT2D eigenvalue weighted by molar-refractivity contribution is 5.81. The molecule has 0 unspecified atom stereocenters. The maximum absolute atomic E-state index is 11.0. The van der Waals surface area contributed by atoms with Gasteiger partial charge in [-0.2, -0.15) is 0 Å². The van der Waals surface area contributed by atoms with E-state index < -0.39 is 0 Å². The Balaban J connectivity index is 2.33. The fraction of sp³-hybridized carbons (Fsp3) is 0.889. The number of Topliss-reactive ketones (excluding diaryl/α,β-unsaturated/α-hetero) is 1. The van der Waals surface area contributed by atoms with E-state index >= 15 is 0 Å². The second-order valence-electron chi connectivity index (χ2n) is 3.58. The summed E-state index contributed by atoms with van der Waals surface area (Å²) in [6.07, 6.45) is 4.27. The second-order valence-corrected chi connectivity index (χ2v) is 3.58. The molecule has 1 saturated carbocycles. The molecule has 0 amide bonds. The summed E-state index contributed by atoms with van der Waals surface area (Å²) in [5.41, 5.74) is 0. The number of ketones is 1. The van der Waals surface area contributed by atoms with Gasteiger partial charge in [-0.15, -0.1) is 0 Å². The molecule has 0 aromatic carbocycles. The van der Waals surface area contributed by atoms with Crippen LogP contribution >= 0.6 is 0 Å². The maximum Gasteiger partial charge on any atom is 0.161 e. The quantitative estimate of drug-likeness (QED) is 0.655. The van der Waals surface area contributed by atoms with Crippen LogP contribution in [0.1, 0.15) is 32.6 Å². The Morgan fingerprint density at radius 2 is 1.91 bits per heavy atom. The van der Waals surface area contributed by atoms with Crippen LogP contribution < -0.4 is 0 Å². The number of carbonyl (C=O) groups excluding carboxylic acids is 1. The minimum atomic E-state index is -0.265. The molecule has 1 fully saturated rings. The van der Waals surface area contributed by atoms with Gasteiger partial charge < -0.3 is 5.11 Å². The first-order valence-corrected chi connectivity index (χ1v) is 4.37. The van der Waals surface area contributed by atoms with Crippen LogP contribution in [0.3, 0.4) is 0 Å². The van der Waals surface area contributed by atoms with E-state index in [0.717, 1.165) is 31.6 Å². The fourth-order valence-electron chi connectivity index (χ4n) is 1.71. The average Bonchev–Trinajstić information content (AvgIpc) is 2.05. The third kappa shape index (κ3) is 2.29. The standard InChI is InChI=1S/C9H16O2/c1-7-2-4-8(5-3-7)9(11)6-10/h7-8,10H,2-6H2,1H3. The molecule has 0 saturated heterocycles. The summed E-state index contributed by atoms with van der Waals surface area (Å²) in [4.78, 5) is 11.0. The Kier molecular flexibility index (Phi) is 3.06. The van der Waals surface area contributed by atoms with Crippen molar-refractivity contribution >= 4 is 5.78 Å². The molecule has 64 valence electrons. The molecule has 0 aromatic rings. The molecule has 2 nitrogen and oxygen atoms in total. The third-order valence-corrected chi connectivity index (χ3v) is 2.63. The first-order chi connectivity index (χ1) is 5.24. The second kappa shape index (κ2) is 3.86. The van der Waals surface area contributed by atoms with Gasteiger partial charge in [-0.1, -0.05) is 19.8 Å². The van der Waals surface area contributed by atoms with E-state index in [1.165, 1.54) is 0 Å². The molecule has 0 spiro atoms. The first kappa shape index (κ1) is 8.72. The van der Waals surface area contributed by atoms with Crippen molar-refractivity contribution in [2.45, 2.75) is 32.6 Å². The summed E-state index contributed by atoms with van der Waals surface area (Å²) < 4.78 is 0. The first-order valence-electron chi connectivity index (χ1n) is 4.37. The van der Waals surface area contributed by atoms with E-state index in [1.807, 2.05) is 0 Å². The summed E-state index contributed by atoms with van der Waals surface area (Å²) in [5, 5.41) is 8.60. The minimum Gasteiger partial charge on any atom is -0.389 e. The zero-order valence-corrected chi connectivity index (χ0v) is 7.05. The average molecular weight is 156 g/mol. The molecule has 1 aliphatic rings. The smallest absolute Gasteiger partial charge is 0.161 e. The number of rotatable bonds is 2. The minimum absolute atomic E-state index is 0.0388. The predicted octanol–water partition coefficient (Wildman–Crippen LogP) is 1.37. The molecule has 0 radical (unpaired) electrons. The van der Waals surface area contributed by atoms with Crippen molar-refractivity contribution < 1.29 is 9.90 Å². The largest absolute Gasteiger partial charge is 0.389 e. The highest BCUT2D eigenvalue weighted by Gasteiger charge is 2.22. The number of hydrogen-bond donors (Lipinski definition) is 1. The zero-order valence-electron chi connectivity index (χ0n) is 7.05. The van der Waals surface area contributed by atoms with Gasteiger partial charge in [0.15, 0.2) is 5.78 Å². The number of hydrogen-bond acceptors (Lipinski definition) is 2. The summed E-state index contributed by atoms with van der Waals surface area (Å²) in [6, 6.07) is 0. The van der Waals surface area contributed by atoms with Crippen molar-refractivity contribution in [1.82, 2.24) is 0 Å². The van der Waals surface area contributed by atoms with Gasteiger partial charge in [-0.05, 0) is 18.8 Å². The molecule has 0 aliphatic heterocycles. The lowest BCUT2D eigenvalue weighted by Crippen LogP contribution is -2.23. The highest BCUT2D eigenvalue weighted by atomic mass is 16.3. The summed E-state index contributed by atoms with van der Waals surface area (Å²) in [5.74, 6) is 0.978. The molecule has 1 aliphatic carbocycles. The van der Waals surface area contributed by atoms with Gasteiger partial charge in [-0.25, -0.2) is 0 Å². The van der Waals surface area contributed by atoms with Crippen LogP contribution in [0.25, 0.3) is 0 Å². The summed E-state index contributed by atoms with van der Waals surface area (Å²) in [7, 11) is 0. The van der Waals surface area contributed by atoms with Gasteiger partial charge in [0.2, 0.25) is 0 Å². The normalized spacial score (nSPS) is 31.8. The highest BCUT2D eigenvalue weighted by Crippen LogP contribution is 2.28. The van der Waals surface area contributed by atoms with Crippen molar-refractivity contribution in [1.29, 1.82) is 0 Å². The third-order valence-electron chi connectivity index (χ3n) is 2.63. The monoisotopic (exact) mass is 156 g/mol. The Hall–Kier alpha value is -0.370. The van der Waals surface area contributed by atoms with Gasteiger partial charge in [0.25, 0.3) is 0 Å². The molecule has 0 bridgehead atoms. The Labute approximate surface area is 67.6 Å². The van der Waals surface area contributed by atoms with Crippen LogP contribution in [-0.2, 0) is 4.79 Å². The van der Waals surface area contributed by atoms with Gasteiger partial charge in [0.05, 0.1) is 0 Å². The molecular weight excluding hydrogens is 140 g/mol. The number of aliphatic hydroxyl groups excluding tert-OH is 1. The van der Waals surface area contributed by atoms with Gasteiger partial charge in [-0.3, -0.25) is 4.79 Å². The van der Waals surface area contributed by atoms with Crippen LogP contribution in [0.15, 0.2) is 0 Å². The van der Waals surface area contributed by atoms with E-state index in [4.69, 9.17) is 5.11 Å². The summed E-state index contributed by atoms with van der Waals surface area (Å²) in [6.45, 7) is 1.96. The fourth-order valence-corrected chi connectivity index (χ4v) is 1.71. The van der Waals surface area contributed by atoms with Crippen molar-refractivity contribution in [2.75, 3.05) is 6.61 Å². The Bertz CT molecular complexity index is 134. The molecule has 2 heteroatoms. The molecule has 11 heavy (non-hydrogen) atoms. The molecule has 0 aromatic heterocycles. The topological polar surface area (TPSA) is 37.3 Å². The molecule has 0 heterocycles.